The second-order valence-electron chi connectivity index (χ2n) is 4.19. The summed E-state index contributed by atoms with van der Waals surface area (Å²) in [7, 11) is 0. The van der Waals surface area contributed by atoms with Crippen LogP contribution >= 0.6 is 0 Å². The minimum atomic E-state index is -0.501. The van der Waals surface area contributed by atoms with E-state index in [1.165, 1.54) is 17.0 Å². The number of benzene rings is 1. The van der Waals surface area contributed by atoms with Crippen molar-refractivity contribution in [1.82, 2.24) is 4.90 Å². The summed E-state index contributed by atoms with van der Waals surface area (Å²) in [6, 6.07) is 5.81. The quantitative estimate of drug-likeness (QED) is 0.609. The van der Waals surface area contributed by atoms with Crippen LogP contribution in [0.3, 0.4) is 0 Å². The van der Waals surface area contributed by atoms with Crippen LogP contribution in [0.4, 0.5) is 10.5 Å². The summed E-state index contributed by atoms with van der Waals surface area (Å²) in [6.45, 7) is 2.59. The summed E-state index contributed by atoms with van der Waals surface area (Å²) in [5, 5.41) is 19.4. The number of amides is 1. The molecule has 0 aromatic heterocycles. The van der Waals surface area contributed by atoms with Gasteiger partial charge in [-0.1, -0.05) is 6.92 Å². The van der Waals surface area contributed by atoms with E-state index in [2.05, 4.69) is 0 Å². The normalized spacial score (nSPS) is 10.1. The van der Waals surface area contributed by atoms with Crippen molar-refractivity contribution in [2.45, 2.75) is 20.0 Å². The molecule has 0 atom stereocenters. The van der Waals surface area contributed by atoms with Crippen LogP contribution in [0.15, 0.2) is 24.3 Å². The molecule has 0 aliphatic heterocycles. The van der Waals surface area contributed by atoms with Crippen molar-refractivity contribution in [3.63, 3.8) is 0 Å². The lowest BCUT2D eigenvalue weighted by atomic mass is 10.2. The maximum absolute atomic E-state index is 11.8. The maximum Gasteiger partial charge on any atom is 0.410 e. The van der Waals surface area contributed by atoms with Crippen molar-refractivity contribution in [1.29, 1.82) is 0 Å². The van der Waals surface area contributed by atoms with E-state index in [0.29, 0.717) is 12.1 Å². The molecule has 1 rings (SSSR count). The van der Waals surface area contributed by atoms with E-state index in [1.54, 1.807) is 12.1 Å². The van der Waals surface area contributed by atoms with Gasteiger partial charge in [-0.05, 0) is 24.1 Å². The second kappa shape index (κ2) is 8.11. The molecule has 0 radical (unpaired) electrons. The summed E-state index contributed by atoms with van der Waals surface area (Å²) >= 11 is 0. The molecular weight excluding hydrogens is 264 g/mol. The zero-order chi connectivity index (χ0) is 15.0. The Bertz CT molecular complexity index is 441. The minimum absolute atomic E-state index is 0.00651. The van der Waals surface area contributed by atoms with Crippen LogP contribution in [0, 0.1) is 10.1 Å². The van der Waals surface area contributed by atoms with Gasteiger partial charge in [0, 0.05) is 25.2 Å². The molecule has 1 aromatic carbocycles. The Balaban J connectivity index is 2.52. The van der Waals surface area contributed by atoms with Crippen molar-refractivity contribution in [3.8, 4) is 0 Å². The fraction of sp³-hybridized carbons (Fsp3) is 0.462. The Kier molecular flexibility index (Phi) is 6.45. The highest BCUT2D eigenvalue weighted by molar-refractivity contribution is 5.67. The third kappa shape index (κ3) is 4.85. The highest BCUT2D eigenvalue weighted by Crippen LogP contribution is 2.13. The van der Waals surface area contributed by atoms with E-state index in [-0.39, 0.29) is 25.4 Å². The molecule has 0 bridgehead atoms. The number of carbonyl (C=O) groups excluding carboxylic acids is 1. The van der Waals surface area contributed by atoms with E-state index in [9.17, 15) is 14.9 Å². The fourth-order valence-corrected chi connectivity index (χ4v) is 1.64. The summed E-state index contributed by atoms with van der Waals surface area (Å²) in [6.07, 6.45) is 0.270. The molecule has 0 saturated heterocycles. The number of ether oxygens (including phenoxy) is 1. The van der Waals surface area contributed by atoms with Crippen LogP contribution in [0.1, 0.15) is 18.9 Å². The lowest BCUT2D eigenvalue weighted by Crippen LogP contribution is -2.34. The Labute approximate surface area is 116 Å². The van der Waals surface area contributed by atoms with Crippen LogP contribution in [-0.4, -0.2) is 40.7 Å². The van der Waals surface area contributed by atoms with Crippen LogP contribution in [-0.2, 0) is 11.3 Å². The first kappa shape index (κ1) is 15.9. The summed E-state index contributed by atoms with van der Waals surface area (Å²) in [5.41, 5.74) is 0.664. The zero-order valence-corrected chi connectivity index (χ0v) is 11.3. The van der Waals surface area contributed by atoms with Gasteiger partial charge in [0.2, 0.25) is 0 Å². The van der Waals surface area contributed by atoms with E-state index in [0.717, 1.165) is 6.42 Å². The van der Waals surface area contributed by atoms with Gasteiger partial charge >= 0.3 is 6.09 Å². The average Bonchev–Trinajstić information content (AvgIpc) is 2.45. The van der Waals surface area contributed by atoms with Crippen LogP contribution in [0.5, 0.6) is 0 Å². The molecule has 1 aromatic rings. The van der Waals surface area contributed by atoms with Gasteiger partial charge in [-0.25, -0.2) is 4.79 Å². The smallest absolute Gasteiger partial charge is 0.410 e. The first-order chi connectivity index (χ1) is 9.58. The average molecular weight is 282 g/mol. The maximum atomic E-state index is 11.8. The van der Waals surface area contributed by atoms with Gasteiger partial charge in [0.25, 0.3) is 5.69 Å². The van der Waals surface area contributed by atoms with Gasteiger partial charge in [-0.2, -0.15) is 0 Å². The van der Waals surface area contributed by atoms with Crippen molar-refractivity contribution in [2.75, 3.05) is 19.7 Å². The zero-order valence-electron chi connectivity index (χ0n) is 11.3. The predicted octanol–water partition coefficient (Wildman–Crippen LogP) is 1.94. The number of nitro groups is 1. The molecule has 7 nitrogen and oxygen atoms in total. The summed E-state index contributed by atoms with van der Waals surface area (Å²) in [5.74, 6) is 0. The van der Waals surface area contributed by atoms with Crippen molar-refractivity contribution < 1.29 is 19.6 Å². The number of hydrogen-bond donors (Lipinski definition) is 1. The van der Waals surface area contributed by atoms with Gasteiger partial charge in [0.1, 0.15) is 6.61 Å². The molecule has 1 amide bonds. The largest absolute Gasteiger partial charge is 0.445 e. The third-order valence-corrected chi connectivity index (χ3v) is 2.63. The lowest BCUT2D eigenvalue weighted by Gasteiger charge is -2.20. The van der Waals surface area contributed by atoms with Gasteiger partial charge in [-0.15, -0.1) is 0 Å². The molecule has 0 heterocycles. The monoisotopic (exact) mass is 282 g/mol. The standard InChI is InChI=1S/C13H18N2O5/c1-2-7-14(8-9-16)13(17)20-10-11-3-5-12(6-4-11)15(18)19/h3-6,16H,2,7-10H2,1H3. The third-order valence-electron chi connectivity index (χ3n) is 2.63. The topological polar surface area (TPSA) is 92.9 Å². The number of nitro benzene ring substituents is 1. The fourth-order valence-electron chi connectivity index (χ4n) is 1.64. The molecule has 0 saturated carbocycles. The van der Waals surface area contributed by atoms with Crippen molar-refractivity contribution in [3.05, 3.63) is 39.9 Å². The van der Waals surface area contributed by atoms with Crippen molar-refractivity contribution in [2.24, 2.45) is 0 Å². The molecule has 0 fully saturated rings. The minimum Gasteiger partial charge on any atom is -0.445 e. The van der Waals surface area contributed by atoms with Gasteiger partial charge < -0.3 is 14.7 Å². The molecule has 20 heavy (non-hydrogen) atoms. The van der Waals surface area contributed by atoms with Gasteiger partial charge in [0.15, 0.2) is 0 Å². The van der Waals surface area contributed by atoms with Gasteiger partial charge in [0.05, 0.1) is 11.5 Å². The number of nitrogens with zero attached hydrogens (tertiary/aromatic N) is 2. The Morgan fingerprint density at radius 3 is 2.50 bits per heavy atom. The van der Waals surface area contributed by atoms with Crippen LogP contribution in [0.25, 0.3) is 0 Å². The first-order valence-electron chi connectivity index (χ1n) is 6.34. The Hall–Kier alpha value is -2.15. The number of carbonyl (C=O) groups is 1. The number of non-ortho nitro benzene ring substituents is 1. The molecule has 110 valence electrons. The molecule has 0 aliphatic carbocycles. The highest BCUT2D eigenvalue weighted by Gasteiger charge is 2.13. The van der Waals surface area contributed by atoms with Gasteiger partial charge in [-0.3, -0.25) is 10.1 Å². The lowest BCUT2D eigenvalue weighted by molar-refractivity contribution is -0.384. The number of aliphatic hydroxyl groups is 1. The van der Waals surface area contributed by atoms with E-state index >= 15 is 0 Å². The molecular formula is C13H18N2O5. The van der Waals surface area contributed by atoms with Crippen molar-refractivity contribution >= 4 is 11.8 Å². The Morgan fingerprint density at radius 2 is 2.00 bits per heavy atom. The van der Waals surface area contributed by atoms with E-state index in [4.69, 9.17) is 9.84 Å². The molecule has 0 unspecified atom stereocenters. The number of aliphatic hydroxyl groups excluding tert-OH is 1. The highest BCUT2D eigenvalue weighted by atomic mass is 16.6. The number of hydrogen-bond acceptors (Lipinski definition) is 5. The number of rotatable bonds is 7. The summed E-state index contributed by atoms with van der Waals surface area (Å²) in [4.78, 5) is 23.2. The van der Waals surface area contributed by atoms with Crippen LogP contribution < -0.4 is 0 Å². The molecule has 0 aliphatic rings. The van der Waals surface area contributed by atoms with Crippen LogP contribution in [0.2, 0.25) is 0 Å². The summed E-state index contributed by atoms with van der Waals surface area (Å²) < 4.78 is 5.10. The molecule has 1 N–H and O–H groups in total. The first-order valence-corrected chi connectivity index (χ1v) is 6.34. The predicted molar refractivity (Wildman–Crippen MR) is 72.2 cm³/mol. The molecule has 7 heteroatoms. The SMILES string of the molecule is CCCN(CCO)C(=O)OCc1ccc([N+](=O)[O-])cc1. The van der Waals surface area contributed by atoms with E-state index < -0.39 is 11.0 Å². The molecule has 0 spiro atoms. The van der Waals surface area contributed by atoms with E-state index in [1.807, 2.05) is 6.92 Å². The Morgan fingerprint density at radius 1 is 1.35 bits per heavy atom. The second-order valence-corrected chi connectivity index (χ2v) is 4.19.